The monoisotopic (exact) mass is 451 g/mol. The number of ether oxygens (including phenoxy) is 2. The minimum Gasteiger partial charge on any atom is -0.496 e. The molecule has 0 heterocycles. The fraction of sp³-hybridized carbons (Fsp3) is 0.200. The molecule has 32 heavy (non-hydrogen) atoms. The largest absolute Gasteiger partial charge is 0.496 e. The number of hydrogen-bond donors (Lipinski definition) is 2. The van der Waals surface area contributed by atoms with Crippen LogP contribution >= 0.6 is 11.6 Å². The number of benzene rings is 3. The topological polar surface area (TPSA) is 84.9 Å². The number of carboxylic acid groups (broad SMARTS) is 1. The Labute approximate surface area is 190 Å². The van der Waals surface area contributed by atoms with Gasteiger partial charge in [-0.05, 0) is 39.9 Å². The van der Waals surface area contributed by atoms with Crippen LogP contribution < -0.4 is 10.1 Å². The predicted molar refractivity (Wildman–Crippen MR) is 121 cm³/mol. The number of nitrogens with one attached hydrogen (secondary N) is 1. The lowest BCUT2D eigenvalue weighted by Gasteiger charge is -2.18. The summed E-state index contributed by atoms with van der Waals surface area (Å²) in [6, 6.07) is 19.8. The van der Waals surface area contributed by atoms with E-state index in [0.717, 1.165) is 22.3 Å². The molecule has 2 N–H and O–H groups in total. The van der Waals surface area contributed by atoms with Crippen molar-refractivity contribution >= 4 is 23.7 Å². The molecule has 0 radical (unpaired) electrons. The van der Waals surface area contributed by atoms with E-state index in [4.69, 9.17) is 21.1 Å². The van der Waals surface area contributed by atoms with Crippen LogP contribution in [0.3, 0.4) is 0 Å². The minimum atomic E-state index is -1.18. The molecule has 1 aliphatic rings. The highest BCUT2D eigenvalue weighted by Crippen LogP contribution is 2.44. The molecule has 7 heteroatoms. The van der Waals surface area contributed by atoms with Gasteiger partial charge < -0.3 is 19.9 Å². The zero-order valence-electron chi connectivity index (χ0n) is 17.4. The molecule has 0 saturated carbocycles. The number of methoxy groups -OCH3 is 1. The van der Waals surface area contributed by atoms with Crippen molar-refractivity contribution in [3.05, 3.63) is 88.4 Å². The number of carbonyl (C=O) groups excluding carboxylic acids is 1. The molecule has 0 aliphatic heterocycles. The van der Waals surface area contributed by atoms with E-state index in [1.54, 1.807) is 18.2 Å². The van der Waals surface area contributed by atoms with Gasteiger partial charge in [-0.3, -0.25) is 0 Å². The lowest BCUT2D eigenvalue weighted by atomic mass is 9.98. The Morgan fingerprint density at radius 2 is 1.66 bits per heavy atom. The molecule has 0 bridgehead atoms. The van der Waals surface area contributed by atoms with E-state index in [0.29, 0.717) is 16.3 Å². The molecule has 0 saturated heterocycles. The Bertz CT molecular complexity index is 1120. The Hall–Kier alpha value is -3.51. The standard InChI is InChI=1S/C25H22ClNO5/c1-31-23-13-16(26)11-10-15(23)12-22(24(28)29)27-25(30)32-14-21-19-8-4-2-6-17(19)18-7-3-5-9-20(18)21/h2-11,13,21-22H,12,14H2,1H3,(H,27,30)(H,28,29). The zero-order chi connectivity index (χ0) is 22.7. The summed E-state index contributed by atoms with van der Waals surface area (Å²) in [7, 11) is 1.48. The van der Waals surface area contributed by atoms with E-state index in [1.807, 2.05) is 48.5 Å². The summed E-state index contributed by atoms with van der Waals surface area (Å²) in [4.78, 5) is 24.2. The maximum atomic E-state index is 12.5. The molecule has 1 amide bonds. The Morgan fingerprint density at radius 1 is 1.03 bits per heavy atom. The molecule has 0 spiro atoms. The highest BCUT2D eigenvalue weighted by atomic mass is 35.5. The first-order valence-electron chi connectivity index (χ1n) is 10.1. The number of carbonyl (C=O) groups is 2. The Kier molecular flexibility index (Phi) is 6.32. The van der Waals surface area contributed by atoms with Gasteiger partial charge in [0, 0.05) is 17.4 Å². The van der Waals surface area contributed by atoms with Crippen LogP contribution in [0.15, 0.2) is 66.7 Å². The van der Waals surface area contributed by atoms with Gasteiger partial charge in [0.25, 0.3) is 0 Å². The van der Waals surface area contributed by atoms with Crippen molar-refractivity contribution in [3.63, 3.8) is 0 Å². The lowest BCUT2D eigenvalue weighted by molar-refractivity contribution is -0.139. The summed E-state index contributed by atoms with van der Waals surface area (Å²) in [6.07, 6.45) is -0.757. The van der Waals surface area contributed by atoms with Crippen molar-refractivity contribution in [1.82, 2.24) is 5.32 Å². The first-order chi connectivity index (χ1) is 15.5. The van der Waals surface area contributed by atoms with Crippen LogP contribution in [-0.2, 0) is 16.0 Å². The van der Waals surface area contributed by atoms with Crippen LogP contribution in [0.2, 0.25) is 5.02 Å². The average molecular weight is 452 g/mol. The molecule has 164 valence electrons. The number of hydrogen-bond acceptors (Lipinski definition) is 4. The van der Waals surface area contributed by atoms with Crippen LogP contribution in [0, 0.1) is 0 Å². The van der Waals surface area contributed by atoms with Crippen LogP contribution in [-0.4, -0.2) is 36.9 Å². The van der Waals surface area contributed by atoms with Gasteiger partial charge in [0.1, 0.15) is 18.4 Å². The number of amides is 1. The van der Waals surface area contributed by atoms with Gasteiger partial charge in [-0.1, -0.05) is 66.2 Å². The van der Waals surface area contributed by atoms with Gasteiger partial charge in [-0.15, -0.1) is 0 Å². The second-order valence-electron chi connectivity index (χ2n) is 7.52. The molecular formula is C25H22ClNO5. The molecule has 6 nitrogen and oxygen atoms in total. The smallest absolute Gasteiger partial charge is 0.407 e. The van der Waals surface area contributed by atoms with Crippen LogP contribution in [0.5, 0.6) is 5.75 Å². The van der Waals surface area contributed by atoms with Crippen molar-refractivity contribution in [1.29, 1.82) is 0 Å². The summed E-state index contributed by atoms with van der Waals surface area (Å²) < 4.78 is 10.7. The number of carboxylic acids is 1. The van der Waals surface area contributed by atoms with Crippen LogP contribution in [0.25, 0.3) is 11.1 Å². The fourth-order valence-corrected chi connectivity index (χ4v) is 4.25. The van der Waals surface area contributed by atoms with E-state index in [2.05, 4.69) is 5.32 Å². The minimum absolute atomic E-state index is 0.0276. The molecule has 0 aromatic heterocycles. The molecule has 3 aromatic carbocycles. The summed E-state index contributed by atoms with van der Waals surface area (Å²) >= 11 is 5.97. The molecule has 1 atom stereocenters. The molecule has 3 aromatic rings. The number of halogens is 1. The van der Waals surface area contributed by atoms with Crippen molar-refractivity contribution in [2.75, 3.05) is 13.7 Å². The molecule has 1 aliphatic carbocycles. The summed E-state index contributed by atoms with van der Waals surface area (Å²) in [5.74, 6) is -0.818. The van der Waals surface area contributed by atoms with Gasteiger partial charge in [-0.25, -0.2) is 9.59 Å². The molecule has 1 unspecified atom stereocenters. The second kappa shape index (κ2) is 9.32. The van der Waals surface area contributed by atoms with Gasteiger partial charge in [0.05, 0.1) is 7.11 Å². The van der Waals surface area contributed by atoms with Gasteiger partial charge in [0.2, 0.25) is 0 Å². The Morgan fingerprint density at radius 3 is 2.25 bits per heavy atom. The summed E-state index contributed by atoms with van der Waals surface area (Å²) in [5.41, 5.74) is 5.03. The maximum absolute atomic E-state index is 12.5. The average Bonchev–Trinajstić information content (AvgIpc) is 3.12. The number of rotatable bonds is 7. The normalized spacial score (nSPS) is 13.1. The highest BCUT2D eigenvalue weighted by molar-refractivity contribution is 6.30. The number of alkyl carbamates (subject to hydrolysis) is 1. The third-order valence-electron chi connectivity index (χ3n) is 5.61. The highest BCUT2D eigenvalue weighted by Gasteiger charge is 2.30. The quantitative estimate of drug-likeness (QED) is 0.534. The number of aliphatic carboxylic acids is 1. The van der Waals surface area contributed by atoms with Crippen LogP contribution in [0.4, 0.5) is 4.79 Å². The summed E-state index contributed by atoms with van der Waals surface area (Å²) in [5, 5.41) is 12.5. The SMILES string of the molecule is COc1cc(Cl)ccc1CC(NC(=O)OCC1c2ccccc2-c2ccccc21)C(=O)O. The summed E-state index contributed by atoms with van der Waals surface area (Å²) in [6.45, 7) is 0.108. The molecular weight excluding hydrogens is 430 g/mol. The third kappa shape index (κ3) is 4.41. The van der Waals surface area contributed by atoms with Crippen molar-refractivity contribution in [3.8, 4) is 16.9 Å². The lowest BCUT2D eigenvalue weighted by Crippen LogP contribution is -2.43. The van der Waals surface area contributed by atoms with E-state index >= 15 is 0 Å². The number of fused-ring (bicyclic) bond motifs is 3. The third-order valence-corrected chi connectivity index (χ3v) is 5.84. The van der Waals surface area contributed by atoms with Gasteiger partial charge in [0.15, 0.2) is 0 Å². The van der Waals surface area contributed by atoms with E-state index in [9.17, 15) is 14.7 Å². The molecule has 0 fully saturated rings. The maximum Gasteiger partial charge on any atom is 0.407 e. The first-order valence-corrected chi connectivity index (χ1v) is 10.5. The van der Waals surface area contributed by atoms with E-state index in [1.165, 1.54) is 7.11 Å². The Balaban J connectivity index is 1.44. The first kappa shape index (κ1) is 21.7. The van der Waals surface area contributed by atoms with Gasteiger partial charge >= 0.3 is 12.1 Å². The van der Waals surface area contributed by atoms with Crippen molar-refractivity contribution < 1.29 is 24.2 Å². The van der Waals surface area contributed by atoms with E-state index in [-0.39, 0.29) is 18.9 Å². The van der Waals surface area contributed by atoms with E-state index < -0.39 is 18.1 Å². The molecule has 4 rings (SSSR count). The van der Waals surface area contributed by atoms with Crippen molar-refractivity contribution in [2.24, 2.45) is 0 Å². The zero-order valence-corrected chi connectivity index (χ0v) is 18.1. The van der Waals surface area contributed by atoms with Gasteiger partial charge in [-0.2, -0.15) is 0 Å². The van der Waals surface area contributed by atoms with Crippen LogP contribution in [0.1, 0.15) is 22.6 Å². The fourth-order valence-electron chi connectivity index (χ4n) is 4.09. The second-order valence-corrected chi connectivity index (χ2v) is 7.96. The predicted octanol–water partition coefficient (Wildman–Crippen LogP) is 4.88. The van der Waals surface area contributed by atoms with Crippen molar-refractivity contribution in [2.45, 2.75) is 18.4 Å².